The zero-order chi connectivity index (χ0) is 21.1. The van der Waals surface area contributed by atoms with Crippen LogP contribution in [-0.2, 0) is 19.1 Å². The first-order chi connectivity index (χ1) is 12.5. The van der Waals surface area contributed by atoms with E-state index in [1.807, 2.05) is 0 Å². The van der Waals surface area contributed by atoms with Crippen molar-refractivity contribution in [2.45, 2.75) is 97.7 Å². The van der Waals surface area contributed by atoms with Gasteiger partial charge < -0.3 is 19.7 Å². The van der Waals surface area contributed by atoms with Gasteiger partial charge in [0, 0.05) is 14.2 Å². The van der Waals surface area contributed by atoms with Crippen LogP contribution in [-0.4, -0.2) is 48.6 Å². The van der Waals surface area contributed by atoms with Gasteiger partial charge in [0.05, 0.1) is 23.0 Å². The zero-order valence-electron chi connectivity index (χ0n) is 18.0. The lowest BCUT2D eigenvalue weighted by molar-refractivity contribution is -0.148. The first-order valence-corrected chi connectivity index (χ1v) is 10.0. The fourth-order valence-corrected chi connectivity index (χ4v) is 3.13. The second kappa shape index (κ2) is 12.3. The van der Waals surface area contributed by atoms with Gasteiger partial charge in [0.1, 0.15) is 0 Å². The van der Waals surface area contributed by atoms with Gasteiger partial charge in [0.2, 0.25) is 0 Å². The Morgan fingerprint density at radius 2 is 1.04 bits per heavy atom. The quantitative estimate of drug-likeness (QED) is 0.371. The lowest BCUT2D eigenvalue weighted by Crippen LogP contribution is -2.30. The number of unbranched alkanes of at least 4 members (excludes halogenated alkanes) is 3. The predicted molar refractivity (Wildman–Crippen MR) is 106 cm³/mol. The van der Waals surface area contributed by atoms with Gasteiger partial charge in [-0.15, -0.1) is 0 Å². The number of carbonyl (C=O) groups is 2. The Labute approximate surface area is 164 Å². The molecule has 0 unspecified atom stereocenters. The van der Waals surface area contributed by atoms with Crippen molar-refractivity contribution in [3.05, 3.63) is 0 Å². The summed E-state index contributed by atoms with van der Waals surface area (Å²) >= 11 is 0. The van der Waals surface area contributed by atoms with Crippen LogP contribution in [0.2, 0.25) is 0 Å². The van der Waals surface area contributed by atoms with Gasteiger partial charge in [-0.25, -0.2) is 0 Å². The molecule has 0 saturated heterocycles. The monoisotopic (exact) mass is 388 g/mol. The minimum atomic E-state index is -0.758. The van der Waals surface area contributed by atoms with Crippen LogP contribution in [0.1, 0.15) is 85.5 Å². The predicted octanol–water partition coefficient (Wildman–Crippen LogP) is 4.75. The first-order valence-electron chi connectivity index (χ1n) is 10.0. The minimum absolute atomic E-state index is 0.00148. The third-order valence-corrected chi connectivity index (χ3v) is 5.51. The number of aliphatic carboxylic acids is 2. The van der Waals surface area contributed by atoms with Crippen molar-refractivity contribution >= 4 is 11.9 Å². The van der Waals surface area contributed by atoms with Crippen LogP contribution in [0.5, 0.6) is 0 Å². The molecular formula is C21H40O6. The molecule has 0 aromatic carbocycles. The second-order valence-electron chi connectivity index (χ2n) is 8.77. The molecule has 0 heterocycles. The van der Waals surface area contributed by atoms with E-state index in [4.69, 9.17) is 19.7 Å². The Kier molecular flexibility index (Phi) is 11.8. The summed E-state index contributed by atoms with van der Waals surface area (Å²) in [6.07, 6.45) is 7.63. The molecular weight excluding hydrogens is 348 g/mol. The van der Waals surface area contributed by atoms with Crippen molar-refractivity contribution in [2.75, 3.05) is 14.2 Å². The summed E-state index contributed by atoms with van der Waals surface area (Å²) in [4.78, 5) is 22.3. The van der Waals surface area contributed by atoms with Crippen LogP contribution in [0.3, 0.4) is 0 Å². The maximum Gasteiger partial charge on any atom is 0.309 e. The zero-order valence-corrected chi connectivity index (χ0v) is 18.0. The average molecular weight is 389 g/mol. The van der Waals surface area contributed by atoms with Crippen LogP contribution in [0.15, 0.2) is 0 Å². The Morgan fingerprint density at radius 1 is 0.704 bits per heavy atom. The molecule has 0 rings (SSSR count). The highest BCUT2D eigenvalue weighted by Crippen LogP contribution is 2.26. The summed E-state index contributed by atoms with van der Waals surface area (Å²) < 4.78 is 11.2. The molecule has 6 nitrogen and oxygen atoms in total. The van der Waals surface area contributed by atoms with E-state index in [1.165, 1.54) is 0 Å². The summed E-state index contributed by atoms with van der Waals surface area (Å²) in [5.41, 5.74) is -1.35. The highest BCUT2D eigenvalue weighted by Gasteiger charge is 2.28. The minimum Gasteiger partial charge on any atom is -0.481 e. The topological polar surface area (TPSA) is 93.1 Å². The normalized spacial score (nSPS) is 14.7. The van der Waals surface area contributed by atoms with Crippen LogP contribution < -0.4 is 0 Å². The van der Waals surface area contributed by atoms with Crippen molar-refractivity contribution in [1.29, 1.82) is 0 Å². The van der Waals surface area contributed by atoms with E-state index in [1.54, 1.807) is 41.9 Å². The van der Waals surface area contributed by atoms with E-state index in [0.717, 1.165) is 44.9 Å². The second-order valence-corrected chi connectivity index (χ2v) is 8.77. The molecule has 2 N–H and O–H groups in total. The number of methoxy groups -OCH3 is 2. The van der Waals surface area contributed by atoms with Crippen LogP contribution in [0, 0.1) is 10.8 Å². The van der Waals surface area contributed by atoms with Crippen LogP contribution in [0.4, 0.5) is 0 Å². The fourth-order valence-electron chi connectivity index (χ4n) is 3.13. The largest absolute Gasteiger partial charge is 0.481 e. The molecule has 0 aliphatic heterocycles. The van der Waals surface area contributed by atoms with Gasteiger partial charge in [0.25, 0.3) is 0 Å². The molecule has 0 aromatic rings. The number of carboxylic acid groups (broad SMARTS) is 2. The van der Waals surface area contributed by atoms with Gasteiger partial charge in [-0.05, 0) is 53.4 Å². The van der Waals surface area contributed by atoms with Crippen molar-refractivity contribution in [3.63, 3.8) is 0 Å². The standard InChI is InChI=1S/C21H40O6/c1-20(2,18(22)23)14-10-7-8-12-16(26-5)17(27-6)13-9-11-15-21(3,4)19(24)25/h16-17H,7-15H2,1-6H3,(H,22,23)(H,24,25)/t16-,17-/m0/s1. The molecule has 0 saturated carbocycles. The summed E-state index contributed by atoms with van der Waals surface area (Å²) in [6.45, 7) is 7.04. The van der Waals surface area contributed by atoms with Crippen molar-refractivity contribution < 1.29 is 29.3 Å². The Bertz CT molecular complexity index is 444. The average Bonchev–Trinajstić information content (AvgIpc) is 2.58. The van der Waals surface area contributed by atoms with E-state index in [0.29, 0.717) is 12.8 Å². The highest BCUT2D eigenvalue weighted by molar-refractivity contribution is 5.73. The molecule has 0 aromatic heterocycles. The first kappa shape index (κ1) is 25.9. The Hall–Kier alpha value is -1.14. The SMILES string of the molecule is CO[C@@H](CCCCCC(C)(C)C(=O)O)[C@H](CCCCC(C)(C)C(=O)O)OC. The molecule has 0 aliphatic carbocycles. The van der Waals surface area contributed by atoms with Crippen LogP contribution >= 0.6 is 0 Å². The van der Waals surface area contributed by atoms with Crippen molar-refractivity contribution in [3.8, 4) is 0 Å². The third-order valence-electron chi connectivity index (χ3n) is 5.51. The summed E-state index contributed by atoms with van der Waals surface area (Å²) in [5, 5.41) is 18.3. The molecule has 160 valence electrons. The smallest absolute Gasteiger partial charge is 0.309 e. The van der Waals surface area contributed by atoms with Gasteiger partial charge in [-0.1, -0.05) is 32.1 Å². The molecule has 2 atom stereocenters. The molecule has 0 bridgehead atoms. The van der Waals surface area contributed by atoms with E-state index in [2.05, 4.69) is 0 Å². The van der Waals surface area contributed by atoms with E-state index in [9.17, 15) is 9.59 Å². The molecule has 27 heavy (non-hydrogen) atoms. The van der Waals surface area contributed by atoms with E-state index < -0.39 is 22.8 Å². The van der Waals surface area contributed by atoms with Crippen molar-refractivity contribution in [2.24, 2.45) is 10.8 Å². The molecule has 6 heteroatoms. The lowest BCUT2D eigenvalue weighted by atomic mass is 9.86. The molecule has 0 aliphatic rings. The molecule has 0 radical (unpaired) electrons. The molecule has 0 fully saturated rings. The molecule has 0 amide bonds. The van der Waals surface area contributed by atoms with Gasteiger partial charge in [0.15, 0.2) is 0 Å². The van der Waals surface area contributed by atoms with Gasteiger partial charge in [-0.2, -0.15) is 0 Å². The summed E-state index contributed by atoms with van der Waals surface area (Å²) in [5.74, 6) is -1.51. The number of rotatable bonds is 16. The highest BCUT2D eigenvalue weighted by atomic mass is 16.5. The van der Waals surface area contributed by atoms with E-state index >= 15 is 0 Å². The van der Waals surface area contributed by atoms with Crippen LogP contribution in [0.25, 0.3) is 0 Å². The number of hydrogen-bond acceptors (Lipinski definition) is 4. The summed E-state index contributed by atoms with van der Waals surface area (Å²) in [6, 6.07) is 0. The summed E-state index contributed by atoms with van der Waals surface area (Å²) in [7, 11) is 3.38. The lowest BCUT2D eigenvalue weighted by Gasteiger charge is -2.26. The fraction of sp³-hybridized carbons (Fsp3) is 0.905. The maximum atomic E-state index is 11.2. The Balaban J connectivity index is 4.20. The van der Waals surface area contributed by atoms with E-state index in [-0.39, 0.29) is 12.2 Å². The van der Waals surface area contributed by atoms with Gasteiger partial charge >= 0.3 is 11.9 Å². The number of ether oxygens (including phenoxy) is 2. The maximum absolute atomic E-state index is 11.2. The molecule has 0 spiro atoms. The van der Waals surface area contributed by atoms with Crippen molar-refractivity contribution in [1.82, 2.24) is 0 Å². The van der Waals surface area contributed by atoms with Gasteiger partial charge in [-0.3, -0.25) is 9.59 Å². The number of carboxylic acids is 2. The Morgan fingerprint density at radius 3 is 1.37 bits per heavy atom. The number of hydrogen-bond donors (Lipinski definition) is 2. The third kappa shape index (κ3) is 10.1.